The Morgan fingerprint density at radius 1 is 1.07 bits per heavy atom. The fourth-order valence-electron chi connectivity index (χ4n) is 2.42. The van der Waals surface area contributed by atoms with Crippen LogP contribution in [0.4, 0.5) is 10.5 Å². The van der Waals surface area contributed by atoms with Gasteiger partial charge in [0.25, 0.3) is 11.1 Å². The van der Waals surface area contributed by atoms with Crippen LogP contribution in [-0.2, 0) is 6.61 Å². The highest BCUT2D eigenvalue weighted by Crippen LogP contribution is 2.29. The fraction of sp³-hybridized carbons (Fsp3) is 0.136. The van der Waals surface area contributed by atoms with Gasteiger partial charge < -0.3 is 15.0 Å². The minimum Gasteiger partial charge on any atom is -0.489 e. The third-order valence-corrected chi connectivity index (χ3v) is 5.04. The van der Waals surface area contributed by atoms with Crippen molar-refractivity contribution in [1.82, 2.24) is 9.88 Å². The van der Waals surface area contributed by atoms with Gasteiger partial charge in [-0.25, -0.2) is 0 Å². The minimum atomic E-state index is -0.276. The number of para-hydroxylation sites is 1. The molecule has 0 saturated heterocycles. The highest BCUT2D eigenvalue weighted by atomic mass is 32.2. The molecule has 29 heavy (non-hydrogen) atoms. The van der Waals surface area contributed by atoms with Crippen molar-refractivity contribution in [2.75, 3.05) is 19.4 Å². The standard InChI is InChI=1S/C22H21N3O3S/c1-25(2)22(27)29-20-11-4-3-10-19(20)24-21(26)17-8-5-9-18(13-17)28-15-16-7-6-12-23-14-16/h3-14H,15H2,1-2H3,(H,24,26). The third kappa shape index (κ3) is 5.83. The Balaban J connectivity index is 1.69. The van der Waals surface area contributed by atoms with E-state index in [0.717, 1.165) is 17.3 Å². The Kier molecular flexibility index (Phi) is 6.86. The Bertz CT molecular complexity index is 993. The van der Waals surface area contributed by atoms with Crippen LogP contribution in [0.25, 0.3) is 0 Å². The highest BCUT2D eigenvalue weighted by molar-refractivity contribution is 8.13. The van der Waals surface area contributed by atoms with Gasteiger partial charge in [0.15, 0.2) is 0 Å². The molecule has 0 radical (unpaired) electrons. The van der Waals surface area contributed by atoms with Crippen LogP contribution in [0, 0.1) is 0 Å². The van der Waals surface area contributed by atoms with Crippen molar-refractivity contribution in [2.24, 2.45) is 0 Å². The predicted octanol–water partition coefficient (Wildman–Crippen LogP) is 4.69. The number of nitrogens with zero attached hydrogens (tertiary/aromatic N) is 2. The Hall–Kier alpha value is -3.32. The molecule has 2 amide bonds. The van der Waals surface area contributed by atoms with Crippen molar-refractivity contribution >= 4 is 28.6 Å². The number of ether oxygens (including phenoxy) is 1. The average Bonchev–Trinajstić information content (AvgIpc) is 2.74. The van der Waals surface area contributed by atoms with E-state index in [-0.39, 0.29) is 11.1 Å². The Morgan fingerprint density at radius 3 is 2.66 bits per heavy atom. The first kappa shape index (κ1) is 20.4. The predicted molar refractivity (Wildman–Crippen MR) is 114 cm³/mol. The summed E-state index contributed by atoms with van der Waals surface area (Å²) in [6.45, 7) is 0.366. The van der Waals surface area contributed by atoms with Crippen molar-refractivity contribution < 1.29 is 14.3 Å². The van der Waals surface area contributed by atoms with E-state index in [2.05, 4.69) is 10.3 Å². The van der Waals surface area contributed by atoms with Crippen LogP contribution in [0.1, 0.15) is 15.9 Å². The summed E-state index contributed by atoms with van der Waals surface area (Å²) >= 11 is 1.07. The molecule has 0 bridgehead atoms. The topological polar surface area (TPSA) is 71.5 Å². The summed E-state index contributed by atoms with van der Waals surface area (Å²) in [5, 5.41) is 2.76. The molecular weight excluding hydrogens is 386 g/mol. The van der Waals surface area contributed by atoms with Gasteiger partial charge in [-0.3, -0.25) is 14.6 Å². The van der Waals surface area contributed by atoms with Gasteiger partial charge in [-0.15, -0.1) is 0 Å². The highest BCUT2D eigenvalue weighted by Gasteiger charge is 2.14. The van der Waals surface area contributed by atoms with Crippen molar-refractivity contribution in [1.29, 1.82) is 0 Å². The Morgan fingerprint density at radius 2 is 1.90 bits per heavy atom. The Labute approximate surface area is 173 Å². The van der Waals surface area contributed by atoms with Crippen molar-refractivity contribution in [3.05, 3.63) is 84.2 Å². The van der Waals surface area contributed by atoms with Gasteiger partial charge in [0, 0.05) is 42.5 Å². The van der Waals surface area contributed by atoms with Crippen LogP contribution >= 0.6 is 11.8 Å². The van der Waals surface area contributed by atoms with E-state index in [0.29, 0.717) is 28.5 Å². The summed E-state index contributed by atoms with van der Waals surface area (Å²) in [4.78, 5) is 31.0. The third-order valence-electron chi connectivity index (χ3n) is 3.92. The number of carbonyl (C=O) groups excluding carboxylic acids is 2. The maximum absolute atomic E-state index is 12.7. The molecule has 3 aromatic rings. The molecule has 0 aliphatic heterocycles. The molecule has 0 aliphatic rings. The molecule has 1 heterocycles. The summed E-state index contributed by atoms with van der Waals surface area (Å²) in [7, 11) is 3.38. The molecule has 0 unspecified atom stereocenters. The van der Waals surface area contributed by atoms with E-state index in [4.69, 9.17) is 4.74 Å². The maximum atomic E-state index is 12.7. The molecule has 0 fully saturated rings. The smallest absolute Gasteiger partial charge is 0.286 e. The van der Waals surface area contributed by atoms with E-state index < -0.39 is 0 Å². The summed E-state index contributed by atoms with van der Waals surface area (Å²) in [5.41, 5.74) is 1.99. The molecule has 0 atom stereocenters. The first-order valence-corrected chi connectivity index (χ1v) is 9.76. The van der Waals surface area contributed by atoms with Gasteiger partial charge in [-0.05, 0) is 48.2 Å². The molecule has 7 heteroatoms. The summed E-state index contributed by atoms with van der Waals surface area (Å²) < 4.78 is 5.76. The molecule has 1 aromatic heterocycles. The van der Waals surface area contributed by atoms with E-state index in [1.54, 1.807) is 62.9 Å². The normalized spacial score (nSPS) is 10.3. The van der Waals surface area contributed by atoms with Gasteiger partial charge in [0.2, 0.25) is 0 Å². The number of amides is 2. The molecule has 0 aliphatic carbocycles. The number of aromatic nitrogens is 1. The molecule has 2 aromatic carbocycles. The molecule has 148 valence electrons. The van der Waals surface area contributed by atoms with Crippen LogP contribution in [0.3, 0.4) is 0 Å². The van der Waals surface area contributed by atoms with Crippen molar-refractivity contribution in [3.63, 3.8) is 0 Å². The van der Waals surface area contributed by atoms with Gasteiger partial charge in [-0.2, -0.15) is 0 Å². The molecule has 3 rings (SSSR count). The SMILES string of the molecule is CN(C)C(=O)Sc1ccccc1NC(=O)c1cccc(OCc2cccnc2)c1. The van der Waals surface area contributed by atoms with E-state index in [1.807, 2.05) is 24.3 Å². The zero-order chi connectivity index (χ0) is 20.6. The number of hydrogen-bond donors (Lipinski definition) is 1. The van der Waals surface area contributed by atoms with Crippen molar-refractivity contribution in [2.45, 2.75) is 11.5 Å². The number of pyridine rings is 1. The van der Waals surface area contributed by atoms with Crippen LogP contribution < -0.4 is 10.1 Å². The number of benzene rings is 2. The quantitative estimate of drug-likeness (QED) is 0.601. The van der Waals surface area contributed by atoms with Gasteiger partial charge in [-0.1, -0.05) is 24.3 Å². The number of rotatable bonds is 6. The zero-order valence-corrected chi connectivity index (χ0v) is 17.0. The molecular formula is C22H21N3O3S. The second-order valence-corrected chi connectivity index (χ2v) is 7.38. The lowest BCUT2D eigenvalue weighted by Crippen LogP contribution is -2.17. The van der Waals surface area contributed by atoms with E-state index in [9.17, 15) is 9.59 Å². The van der Waals surface area contributed by atoms with Gasteiger partial charge >= 0.3 is 0 Å². The van der Waals surface area contributed by atoms with Gasteiger partial charge in [0.1, 0.15) is 12.4 Å². The number of carbonyl (C=O) groups is 2. The van der Waals surface area contributed by atoms with Crippen LogP contribution in [0.15, 0.2) is 78.0 Å². The first-order valence-electron chi connectivity index (χ1n) is 8.94. The molecule has 1 N–H and O–H groups in total. The van der Waals surface area contributed by atoms with E-state index >= 15 is 0 Å². The molecule has 6 nitrogen and oxygen atoms in total. The lowest BCUT2D eigenvalue weighted by molar-refractivity contribution is 0.102. The van der Waals surface area contributed by atoms with Crippen LogP contribution in [0.2, 0.25) is 0 Å². The lowest BCUT2D eigenvalue weighted by Gasteiger charge is -2.13. The molecule has 0 saturated carbocycles. The largest absolute Gasteiger partial charge is 0.489 e. The van der Waals surface area contributed by atoms with E-state index in [1.165, 1.54) is 4.90 Å². The number of anilines is 1. The minimum absolute atomic E-state index is 0.113. The number of hydrogen-bond acceptors (Lipinski definition) is 5. The lowest BCUT2D eigenvalue weighted by atomic mass is 10.2. The average molecular weight is 407 g/mol. The number of nitrogens with one attached hydrogen (secondary N) is 1. The monoisotopic (exact) mass is 407 g/mol. The summed E-state index contributed by atoms with van der Waals surface area (Å²) in [6.07, 6.45) is 3.44. The molecule has 0 spiro atoms. The fourth-order valence-corrected chi connectivity index (χ4v) is 3.16. The summed E-state index contributed by atoms with van der Waals surface area (Å²) in [5.74, 6) is 0.314. The second-order valence-electron chi connectivity index (χ2n) is 6.39. The summed E-state index contributed by atoms with van der Waals surface area (Å²) in [6, 6.07) is 17.9. The van der Waals surface area contributed by atoms with Crippen molar-refractivity contribution in [3.8, 4) is 5.75 Å². The van der Waals surface area contributed by atoms with Crippen LogP contribution in [-0.4, -0.2) is 35.1 Å². The van der Waals surface area contributed by atoms with Gasteiger partial charge in [0.05, 0.1) is 5.69 Å². The number of thioether (sulfide) groups is 1. The first-order chi connectivity index (χ1) is 14.0. The van der Waals surface area contributed by atoms with Crippen LogP contribution in [0.5, 0.6) is 5.75 Å². The maximum Gasteiger partial charge on any atom is 0.286 e. The second kappa shape index (κ2) is 9.75. The zero-order valence-electron chi connectivity index (χ0n) is 16.2.